The molecule has 88 valence electrons. The van der Waals surface area contributed by atoms with Crippen LogP contribution in [0.25, 0.3) is 0 Å². The van der Waals surface area contributed by atoms with Gasteiger partial charge in [-0.25, -0.2) is 0 Å². The van der Waals surface area contributed by atoms with Crippen molar-refractivity contribution in [1.82, 2.24) is 0 Å². The Morgan fingerprint density at radius 1 is 1.50 bits per heavy atom. The van der Waals surface area contributed by atoms with Crippen LogP contribution in [-0.4, -0.2) is 18.8 Å². The van der Waals surface area contributed by atoms with Gasteiger partial charge >= 0.3 is 0 Å². The minimum absolute atomic E-state index is 0.0442. The van der Waals surface area contributed by atoms with Crippen molar-refractivity contribution in [3.63, 3.8) is 0 Å². The highest BCUT2D eigenvalue weighted by Gasteiger charge is 2.39. The monoisotopic (exact) mass is 285 g/mol. The summed E-state index contributed by atoms with van der Waals surface area (Å²) >= 11 is 3.53. The fourth-order valence-corrected chi connectivity index (χ4v) is 3.04. The molecular weight excluding hydrogens is 270 g/mol. The molecule has 0 heterocycles. The quantitative estimate of drug-likeness (QED) is 0.897. The van der Waals surface area contributed by atoms with E-state index in [9.17, 15) is 5.11 Å². The van der Waals surface area contributed by atoms with E-state index < -0.39 is 0 Å². The van der Waals surface area contributed by atoms with Gasteiger partial charge in [-0.05, 0) is 30.5 Å². The Kier molecular flexibility index (Phi) is 3.13. The van der Waals surface area contributed by atoms with Crippen LogP contribution in [0.5, 0.6) is 11.5 Å². The highest BCUT2D eigenvalue weighted by Crippen LogP contribution is 2.48. The minimum Gasteiger partial charge on any atom is -0.504 e. The van der Waals surface area contributed by atoms with Crippen molar-refractivity contribution in [2.75, 3.05) is 13.7 Å². The molecule has 1 aliphatic carbocycles. The fraction of sp³-hybridized carbons (Fsp3) is 0.500. The van der Waals surface area contributed by atoms with Gasteiger partial charge in [0.15, 0.2) is 11.5 Å². The van der Waals surface area contributed by atoms with E-state index >= 15 is 0 Å². The van der Waals surface area contributed by atoms with Crippen LogP contribution >= 0.6 is 15.9 Å². The second-order valence-electron chi connectivity index (χ2n) is 4.34. The first-order valence-electron chi connectivity index (χ1n) is 5.40. The second-order valence-corrected chi connectivity index (χ2v) is 5.20. The molecule has 4 heteroatoms. The summed E-state index contributed by atoms with van der Waals surface area (Å²) < 4.78 is 6.03. The van der Waals surface area contributed by atoms with Gasteiger partial charge in [-0.1, -0.05) is 22.4 Å². The lowest BCUT2D eigenvalue weighted by molar-refractivity contribution is 0.250. The number of ether oxygens (including phenoxy) is 1. The van der Waals surface area contributed by atoms with Gasteiger partial charge in [0, 0.05) is 16.4 Å². The van der Waals surface area contributed by atoms with Gasteiger partial charge in [-0.2, -0.15) is 0 Å². The number of benzene rings is 1. The molecule has 16 heavy (non-hydrogen) atoms. The first kappa shape index (κ1) is 11.7. The third-order valence-corrected chi connectivity index (χ3v) is 4.20. The molecule has 1 saturated carbocycles. The second kappa shape index (κ2) is 4.26. The number of rotatable bonds is 3. The Balaban J connectivity index is 2.45. The summed E-state index contributed by atoms with van der Waals surface area (Å²) in [5, 5.41) is 9.81. The molecule has 0 radical (unpaired) electrons. The van der Waals surface area contributed by atoms with Crippen molar-refractivity contribution in [1.29, 1.82) is 0 Å². The van der Waals surface area contributed by atoms with E-state index in [0.29, 0.717) is 12.3 Å². The topological polar surface area (TPSA) is 55.5 Å². The lowest BCUT2D eigenvalue weighted by atomic mass is 9.64. The highest BCUT2D eigenvalue weighted by molar-refractivity contribution is 9.10. The van der Waals surface area contributed by atoms with Crippen molar-refractivity contribution < 1.29 is 9.84 Å². The first-order chi connectivity index (χ1) is 7.63. The maximum atomic E-state index is 9.81. The molecule has 0 spiro atoms. The maximum Gasteiger partial charge on any atom is 0.161 e. The standard InChI is InChI=1S/C12H16BrNO2/c1-16-11-6-9(13)8(5-10(11)15)12(7-14)3-2-4-12/h5-6,15H,2-4,7,14H2,1H3. The summed E-state index contributed by atoms with van der Waals surface area (Å²) in [6.45, 7) is 0.622. The molecule has 0 atom stereocenters. The van der Waals surface area contributed by atoms with E-state index in [1.165, 1.54) is 6.42 Å². The number of hydrogen-bond donors (Lipinski definition) is 2. The van der Waals surface area contributed by atoms with E-state index in [4.69, 9.17) is 10.5 Å². The third kappa shape index (κ3) is 1.70. The van der Waals surface area contributed by atoms with Crippen molar-refractivity contribution in [2.24, 2.45) is 5.73 Å². The maximum absolute atomic E-state index is 9.81. The molecule has 0 saturated heterocycles. The molecule has 0 unspecified atom stereocenters. The molecule has 2 rings (SSSR count). The smallest absolute Gasteiger partial charge is 0.161 e. The zero-order valence-corrected chi connectivity index (χ0v) is 10.9. The molecule has 1 fully saturated rings. The summed E-state index contributed by atoms with van der Waals surface area (Å²) in [5.41, 5.74) is 7.00. The molecule has 3 N–H and O–H groups in total. The van der Waals surface area contributed by atoms with Crippen molar-refractivity contribution in [2.45, 2.75) is 24.7 Å². The van der Waals surface area contributed by atoms with Gasteiger partial charge < -0.3 is 15.6 Å². The molecule has 0 aromatic heterocycles. The Morgan fingerprint density at radius 2 is 2.19 bits per heavy atom. The Bertz CT molecular complexity index is 397. The zero-order valence-electron chi connectivity index (χ0n) is 9.29. The summed E-state index contributed by atoms with van der Waals surface area (Å²) in [7, 11) is 1.54. The number of halogens is 1. The van der Waals surface area contributed by atoms with Gasteiger partial charge in [-0.3, -0.25) is 0 Å². The van der Waals surface area contributed by atoms with Gasteiger partial charge in [0.1, 0.15) is 0 Å². The van der Waals surface area contributed by atoms with Crippen molar-refractivity contribution in [3.05, 3.63) is 22.2 Å². The molecular formula is C12H16BrNO2. The SMILES string of the molecule is COc1cc(Br)c(C2(CN)CCC2)cc1O. The molecule has 1 aromatic rings. The number of hydrogen-bond acceptors (Lipinski definition) is 3. The van der Waals surface area contributed by atoms with E-state index in [0.717, 1.165) is 22.9 Å². The van der Waals surface area contributed by atoms with E-state index in [-0.39, 0.29) is 11.2 Å². The summed E-state index contributed by atoms with van der Waals surface area (Å²) in [6, 6.07) is 3.58. The number of phenolic OH excluding ortho intramolecular Hbond substituents is 1. The molecule has 1 aromatic carbocycles. The first-order valence-corrected chi connectivity index (χ1v) is 6.19. The minimum atomic E-state index is 0.0442. The largest absolute Gasteiger partial charge is 0.504 e. The Hall–Kier alpha value is -0.740. The molecule has 0 bridgehead atoms. The van der Waals surface area contributed by atoms with Crippen LogP contribution in [0.4, 0.5) is 0 Å². The van der Waals surface area contributed by atoms with Crippen LogP contribution in [0.1, 0.15) is 24.8 Å². The van der Waals surface area contributed by atoms with Crippen LogP contribution in [0, 0.1) is 0 Å². The van der Waals surface area contributed by atoms with E-state index in [1.54, 1.807) is 19.2 Å². The van der Waals surface area contributed by atoms with Gasteiger partial charge in [-0.15, -0.1) is 0 Å². The summed E-state index contributed by atoms with van der Waals surface area (Å²) in [4.78, 5) is 0. The van der Waals surface area contributed by atoms with Crippen molar-refractivity contribution >= 4 is 15.9 Å². The summed E-state index contributed by atoms with van der Waals surface area (Å²) in [5.74, 6) is 0.669. The van der Waals surface area contributed by atoms with Gasteiger partial charge in [0.05, 0.1) is 7.11 Å². The van der Waals surface area contributed by atoms with Crippen LogP contribution < -0.4 is 10.5 Å². The molecule has 0 aliphatic heterocycles. The summed E-state index contributed by atoms with van der Waals surface area (Å²) in [6.07, 6.45) is 3.39. The molecule has 3 nitrogen and oxygen atoms in total. The van der Waals surface area contributed by atoms with Crippen molar-refractivity contribution in [3.8, 4) is 11.5 Å². The lowest BCUT2D eigenvalue weighted by Crippen LogP contribution is -2.41. The number of methoxy groups -OCH3 is 1. The predicted octanol–water partition coefficient (Wildman–Crippen LogP) is 2.54. The average molecular weight is 286 g/mol. The predicted molar refractivity (Wildman–Crippen MR) is 66.9 cm³/mol. The van der Waals surface area contributed by atoms with Crippen LogP contribution in [0.15, 0.2) is 16.6 Å². The number of aromatic hydroxyl groups is 1. The van der Waals surface area contributed by atoms with Gasteiger partial charge in [0.2, 0.25) is 0 Å². The Morgan fingerprint density at radius 3 is 2.62 bits per heavy atom. The molecule has 1 aliphatic rings. The third-order valence-electron chi connectivity index (χ3n) is 3.54. The highest BCUT2D eigenvalue weighted by atomic mass is 79.9. The van der Waals surface area contributed by atoms with E-state index in [1.807, 2.05) is 0 Å². The number of nitrogens with two attached hydrogens (primary N) is 1. The van der Waals surface area contributed by atoms with Crippen LogP contribution in [0.3, 0.4) is 0 Å². The van der Waals surface area contributed by atoms with Crippen LogP contribution in [0.2, 0.25) is 0 Å². The normalized spacial score (nSPS) is 17.9. The van der Waals surface area contributed by atoms with Gasteiger partial charge in [0.25, 0.3) is 0 Å². The Labute approximate surface area is 104 Å². The molecule has 0 amide bonds. The lowest BCUT2D eigenvalue weighted by Gasteiger charge is -2.42. The fourth-order valence-electron chi connectivity index (χ4n) is 2.30. The number of phenols is 1. The van der Waals surface area contributed by atoms with E-state index in [2.05, 4.69) is 15.9 Å². The van der Waals surface area contributed by atoms with Crippen LogP contribution in [-0.2, 0) is 5.41 Å². The average Bonchev–Trinajstić information content (AvgIpc) is 2.22. The zero-order chi connectivity index (χ0) is 11.8.